The van der Waals surface area contributed by atoms with E-state index in [-0.39, 0.29) is 24.1 Å². The highest BCUT2D eigenvalue weighted by molar-refractivity contribution is 7.22. The molecule has 1 N–H and O–H groups in total. The molecular weight excluding hydrogens is 400 g/mol. The number of piperazine rings is 1. The molecule has 8 nitrogen and oxygen atoms in total. The van der Waals surface area contributed by atoms with E-state index in [4.69, 9.17) is 0 Å². The smallest absolute Gasteiger partial charge is 0.273 e. The molecule has 1 atom stereocenters. The lowest BCUT2D eigenvalue weighted by Crippen LogP contribution is -2.46. The van der Waals surface area contributed by atoms with Crippen molar-refractivity contribution in [2.45, 2.75) is 26.4 Å². The first kappa shape index (κ1) is 20.5. The van der Waals surface area contributed by atoms with Crippen molar-refractivity contribution >= 4 is 32.7 Å². The highest BCUT2D eigenvalue weighted by Gasteiger charge is 2.21. The summed E-state index contributed by atoms with van der Waals surface area (Å²) in [6.07, 6.45) is 1.41. The van der Waals surface area contributed by atoms with E-state index in [1.807, 2.05) is 37.3 Å². The van der Waals surface area contributed by atoms with E-state index in [2.05, 4.69) is 32.0 Å². The number of carbonyl (C=O) groups excluding carboxylic acids is 1. The molecule has 0 aliphatic carbocycles. The summed E-state index contributed by atoms with van der Waals surface area (Å²) in [5.41, 5.74) is 1.24. The molecule has 3 heterocycles. The van der Waals surface area contributed by atoms with Crippen molar-refractivity contribution in [3.8, 4) is 0 Å². The monoisotopic (exact) mass is 426 g/mol. The number of nitrogens with zero attached hydrogens (tertiary/aromatic N) is 5. The van der Waals surface area contributed by atoms with Gasteiger partial charge in [-0.1, -0.05) is 48.6 Å². The quantitative estimate of drug-likeness (QED) is 0.648. The van der Waals surface area contributed by atoms with Crippen LogP contribution >= 0.6 is 11.3 Å². The third-order valence-corrected chi connectivity index (χ3v) is 6.55. The van der Waals surface area contributed by atoms with Gasteiger partial charge in [0, 0.05) is 26.2 Å². The van der Waals surface area contributed by atoms with E-state index < -0.39 is 0 Å². The Morgan fingerprint density at radius 3 is 2.63 bits per heavy atom. The second kappa shape index (κ2) is 8.93. The molecule has 0 spiro atoms. The second-order valence-electron chi connectivity index (χ2n) is 7.45. The minimum atomic E-state index is -0.227. The molecule has 158 valence electrons. The Kier molecular flexibility index (Phi) is 6.10. The van der Waals surface area contributed by atoms with E-state index in [0.29, 0.717) is 10.3 Å². The molecule has 9 heteroatoms. The average molecular weight is 427 g/mol. The second-order valence-corrected chi connectivity index (χ2v) is 8.43. The number of hydrogen-bond donors (Lipinski definition) is 1. The fourth-order valence-corrected chi connectivity index (χ4v) is 4.63. The van der Waals surface area contributed by atoms with Crippen LogP contribution < -0.4 is 15.8 Å². The minimum absolute atomic E-state index is 0.0681. The highest BCUT2D eigenvalue weighted by Crippen LogP contribution is 2.26. The molecule has 1 fully saturated rings. The summed E-state index contributed by atoms with van der Waals surface area (Å²) in [7, 11) is 0. The van der Waals surface area contributed by atoms with E-state index in [9.17, 15) is 9.59 Å². The number of anilines is 1. The molecule has 1 aliphatic heterocycles. The Morgan fingerprint density at radius 1 is 1.20 bits per heavy atom. The topological polar surface area (TPSA) is 83.4 Å². The van der Waals surface area contributed by atoms with Gasteiger partial charge in [-0.05, 0) is 19.0 Å². The van der Waals surface area contributed by atoms with Crippen LogP contribution in [0, 0.1) is 0 Å². The fourth-order valence-electron chi connectivity index (χ4n) is 3.61. The fraction of sp³-hybridized carbons (Fsp3) is 0.429. The maximum atomic E-state index is 12.9. The number of hydrogen-bond acceptors (Lipinski definition) is 7. The summed E-state index contributed by atoms with van der Waals surface area (Å²) in [5.74, 6) is -0.227. The molecule has 3 aromatic rings. The van der Waals surface area contributed by atoms with Gasteiger partial charge in [-0.25, -0.2) is 4.98 Å². The maximum absolute atomic E-state index is 12.9. The Labute approximate surface area is 179 Å². The zero-order valence-corrected chi connectivity index (χ0v) is 18.1. The molecule has 1 saturated heterocycles. The van der Waals surface area contributed by atoms with Gasteiger partial charge >= 0.3 is 0 Å². The zero-order chi connectivity index (χ0) is 21.1. The number of amides is 1. The summed E-state index contributed by atoms with van der Waals surface area (Å²) >= 11 is 1.36. The molecule has 30 heavy (non-hydrogen) atoms. The standard InChI is InChI=1S/C21H26N6O2S/c1-3-25-9-11-26(12-10-25)21-24-19-18(30-21)20(29)27(14-22-19)13-17(28)23-15(2)16-7-5-4-6-8-16/h4-8,14-15H,3,9-13H2,1-2H3,(H,23,28)/t15-/m0/s1. The van der Waals surface area contributed by atoms with Crippen LogP contribution in [0.2, 0.25) is 0 Å². The van der Waals surface area contributed by atoms with E-state index >= 15 is 0 Å². The van der Waals surface area contributed by atoms with Crippen molar-refractivity contribution < 1.29 is 4.79 Å². The van der Waals surface area contributed by atoms with Crippen LogP contribution in [0.1, 0.15) is 25.5 Å². The van der Waals surface area contributed by atoms with Gasteiger partial charge in [0.1, 0.15) is 17.6 Å². The minimum Gasteiger partial charge on any atom is -0.348 e. The summed E-state index contributed by atoms with van der Waals surface area (Å²) < 4.78 is 1.85. The number of aromatic nitrogens is 3. The molecule has 0 unspecified atom stereocenters. The third kappa shape index (κ3) is 4.36. The van der Waals surface area contributed by atoms with Crippen molar-refractivity contribution in [3.63, 3.8) is 0 Å². The molecule has 0 radical (unpaired) electrons. The van der Waals surface area contributed by atoms with Gasteiger partial charge in [0.25, 0.3) is 5.56 Å². The maximum Gasteiger partial charge on any atom is 0.273 e. The first-order valence-electron chi connectivity index (χ1n) is 10.2. The largest absolute Gasteiger partial charge is 0.348 e. The summed E-state index contributed by atoms with van der Waals surface area (Å²) in [6, 6.07) is 9.59. The molecule has 1 amide bonds. The average Bonchev–Trinajstić information content (AvgIpc) is 3.21. The van der Waals surface area contributed by atoms with E-state index in [0.717, 1.165) is 43.4 Å². The Bertz CT molecular complexity index is 1070. The molecule has 1 aromatic carbocycles. The Morgan fingerprint density at radius 2 is 1.93 bits per heavy atom. The van der Waals surface area contributed by atoms with Gasteiger partial charge in [0.2, 0.25) is 5.91 Å². The van der Waals surface area contributed by atoms with Crippen LogP contribution in [0.4, 0.5) is 5.13 Å². The van der Waals surface area contributed by atoms with Crippen molar-refractivity contribution in [1.82, 2.24) is 24.8 Å². The van der Waals surface area contributed by atoms with Crippen LogP contribution in [-0.4, -0.2) is 58.1 Å². The predicted molar refractivity (Wildman–Crippen MR) is 119 cm³/mol. The van der Waals surface area contributed by atoms with Gasteiger partial charge < -0.3 is 15.1 Å². The Balaban J connectivity index is 1.47. The first-order chi connectivity index (χ1) is 14.5. The van der Waals surface area contributed by atoms with E-state index in [1.165, 1.54) is 22.2 Å². The molecule has 2 aromatic heterocycles. The zero-order valence-electron chi connectivity index (χ0n) is 17.2. The number of fused-ring (bicyclic) bond motifs is 1. The summed E-state index contributed by atoms with van der Waals surface area (Å²) in [5, 5.41) is 3.76. The molecule has 0 bridgehead atoms. The van der Waals surface area contributed by atoms with Crippen molar-refractivity contribution in [1.29, 1.82) is 0 Å². The van der Waals surface area contributed by atoms with Crippen LogP contribution in [0.5, 0.6) is 0 Å². The predicted octanol–water partition coefficient (Wildman–Crippen LogP) is 1.87. The lowest BCUT2D eigenvalue weighted by molar-refractivity contribution is -0.122. The SMILES string of the molecule is CCN1CCN(c2nc3ncn(CC(=O)N[C@@H](C)c4ccccc4)c(=O)c3s2)CC1. The number of likely N-dealkylation sites (N-methyl/N-ethyl adjacent to an activating group) is 1. The summed E-state index contributed by atoms with van der Waals surface area (Å²) in [4.78, 5) is 38.9. The lowest BCUT2D eigenvalue weighted by atomic mass is 10.1. The first-order valence-corrected chi connectivity index (χ1v) is 11.0. The van der Waals surface area contributed by atoms with Gasteiger partial charge in [0.05, 0.1) is 6.04 Å². The van der Waals surface area contributed by atoms with Gasteiger partial charge in [0.15, 0.2) is 10.8 Å². The summed E-state index contributed by atoms with van der Waals surface area (Å²) in [6.45, 7) is 8.82. The number of benzene rings is 1. The van der Waals surface area contributed by atoms with Crippen LogP contribution in [0.15, 0.2) is 41.5 Å². The number of nitrogens with one attached hydrogen (secondary N) is 1. The van der Waals surface area contributed by atoms with Crippen LogP contribution in [0.25, 0.3) is 10.3 Å². The number of carbonyl (C=O) groups is 1. The third-order valence-electron chi connectivity index (χ3n) is 5.45. The van der Waals surface area contributed by atoms with Crippen molar-refractivity contribution in [2.24, 2.45) is 0 Å². The normalized spacial score (nSPS) is 16.0. The van der Waals surface area contributed by atoms with Crippen LogP contribution in [0.3, 0.4) is 0 Å². The van der Waals surface area contributed by atoms with Gasteiger partial charge in [-0.15, -0.1) is 0 Å². The highest BCUT2D eigenvalue weighted by atomic mass is 32.1. The van der Waals surface area contributed by atoms with Gasteiger partial charge in [-0.2, -0.15) is 4.98 Å². The number of rotatable bonds is 6. The van der Waals surface area contributed by atoms with Crippen molar-refractivity contribution in [3.05, 3.63) is 52.6 Å². The molecular formula is C21H26N6O2S. The molecule has 4 rings (SSSR count). The lowest BCUT2D eigenvalue weighted by Gasteiger charge is -2.33. The Hall–Kier alpha value is -2.78. The van der Waals surface area contributed by atoms with Crippen LogP contribution in [-0.2, 0) is 11.3 Å². The number of thiazole rings is 1. The molecule has 0 saturated carbocycles. The van der Waals surface area contributed by atoms with Gasteiger partial charge in [-0.3, -0.25) is 14.2 Å². The van der Waals surface area contributed by atoms with Crippen molar-refractivity contribution in [2.75, 3.05) is 37.6 Å². The molecule has 1 aliphatic rings. The van der Waals surface area contributed by atoms with E-state index in [1.54, 1.807) is 0 Å².